The van der Waals surface area contributed by atoms with Crippen molar-refractivity contribution in [3.8, 4) is 0 Å². The molecule has 2 atom stereocenters. The minimum Gasteiger partial charge on any atom is -0.458 e. The molecule has 0 aliphatic carbocycles. The van der Waals surface area contributed by atoms with E-state index >= 15 is 0 Å². The molecule has 0 aromatic heterocycles. The van der Waals surface area contributed by atoms with Crippen LogP contribution in [0.15, 0.2) is 0 Å². The topological polar surface area (TPSA) is 74.3 Å². The Kier molecular flexibility index (Phi) is 8.58. The third kappa shape index (κ3) is 8.94. The van der Waals surface area contributed by atoms with Gasteiger partial charge in [0, 0.05) is 0 Å². The van der Waals surface area contributed by atoms with Crippen molar-refractivity contribution >= 4 is 20.4 Å². The van der Waals surface area contributed by atoms with Crippen molar-refractivity contribution in [1.29, 1.82) is 0 Å². The molecular formula is C22H43NO6Si. The zero-order valence-electron chi connectivity index (χ0n) is 20.9. The maximum Gasteiger partial charge on any atom is 0.410 e. The number of likely N-dealkylation sites (tertiary alicyclic amines) is 1. The molecule has 176 valence electrons. The van der Waals surface area contributed by atoms with Crippen molar-refractivity contribution in [2.45, 2.75) is 110 Å². The molecule has 7 nitrogen and oxygen atoms in total. The zero-order chi connectivity index (χ0) is 23.5. The molecule has 0 spiro atoms. The lowest BCUT2D eigenvalue weighted by Crippen LogP contribution is -2.46. The van der Waals surface area contributed by atoms with Gasteiger partial charge in [-0.2, -0.15) is 0 Å². The Bertz CT molecular complexity index is 600. The maximum absolute atomic E-state index is 12.8. The molecule has 0 saturated carbocycles. The minimum absolute atomic E-state index is 0.0783. The highest BCUT2D eigenvalue weighted by Crippen LogP contribution is 2.37. The highest BCUT2D eigenvalue weighted by Gasteiger charge is 2.42. The van der Waals surface area contributed by atoms with Crippen molar-refractivity contribution < 1.29 is 28.2 Å². The van der Waals surface area contributed by atoms with E-state index in [0.29, 0.717) is 19.6 Å². The molecule has 1 saturated heterocycles. The van der Waals surface area contributed by atoms with Gasteiger partial charge in [-0.3, -0.25) is 0 Å². The second-order valence-electron chi connectivity index (χ2n) is 11.6. The predicted molar refractivity (Wildman–Crippen MR) is 120 cm³/mol. The molecule has 0 unspecified atom stereocenters. The van der Waals surface area contributed by atoms with Crippen LogP contribution in [0, 0.1) is 0 Å². The Labute approximate surface area is 183 Å². The third-order valence-corrected chi connectivity index (χ3v) is 9.80. The van der Waals surface area contributed by atoms with Gasteiger partial charge in [-0.1, -0.05) is 20.8 Å². The van der Waals surface area contributed by atoms with E-state index in [2.05, 4.69) is 33.9 Å². The van der Waals surface area contributed by atoms with Crippen LogP contribution >= 0.6 is 0 Å². The van der Waals surface area contributed by atoms with Crippen molar-refractivity contribution in [1.82, 2.24) is 4.90 Å². The number of esters is 1. The first-order valence-electron chi connectivity index (χ1n) is 10.8. The molecule has 1 rings (SSSR count). The van der Waals surface area contributed by atoms with Gasteiger partial charge < -0.3 is 23.5 Å². The Morgan fingerprint density at radius 1 is 0.933 bits per heavy atom. The molecule has 0 radical (unpaired) electrons. The molecule has 0 N–H and O–H groups in total. The smallest absolute Gasteiger partial charge is 0.410 e. The molecule has 1 heterocycles. The summed E-state index contributed by atoms with van der Waals surface area (Å²) < 4.78 is 23.0. The second kappa shape index (κ2) is 9.57. The summed E-state index contributed by atoms with van der Waals surface area (Å²) in [6.45, 7) is 22.6. The molecule has 1 aliphatic rings. The van der Waals surface area contributed by atoms with Gasteiger partial charge in [0.05, 0.1) is 25.3 Å². The van der Waals surface area contributed by atoms with E-state index in [9.17, 15) is 9.59 Å². The van der Waals surface area contributed by atoms with E-state index in [0.717, 1.165) is 0 Å². The van der Waals surface area contributed by atoms with E-state index in [4.69, 9.17) is 18.6 Å². The lowest BCUT2D eigenvalue weighted by Gasteiger charge is -2.38. The quantitative estimate of drug-likeness (QED) is 0.434. The second-order valence-corrected chi connectivity index (χ2v) is 16.4. The van der Waals surface area contributed by atoms with Gasteiger partial charge in [0.2, 0.25) is 0 Å². The van der Waals surface area contributed by atoms with E-state index in [-0.39, 0.29) is 29.9 Å². The molecular weight excluding hydrogens is 402 g/mol. The van der Waals surface area contributed by atoms with Gasteiger partial charge in [-0.15, -0.1) is 0 Å². The van der Waals surface area contributed by atoms with E-state index in [1.807, 2.05) is 41.5 Å². The normalized spacial score (nSPS) is 21.0. The first-order valence-corrected chi connectivity index (χ1v) is 13.7. The van der Waals surface area contributed by atoms with Gasteiger partial charge in [-0.05, 0) is 66.1 Å². The lowest BCUT2D eigenvalue weighted by molar-refractivity contribution is -0.162. The summed E-state index contributed by atoms with van der Waals surface area (Å²) in [5.74, 6) is -0.410. The lowest BCUT2D eigenvalue weighted by atomic mass is 10.2. The van der Waals surface area contributed by atoms with Crippen molar-refractivity contribution in [3.63, 3.8) is 0 Å². The number of hydrogen-bond donors (Lipinski definition) is 0. The fourth-order valence-electron chi connectivity index (χ4n) is 2.77. The Morgan fingerprint density at radius 2 is 1.47 bits per heavy atom. The largest absolute Gasteiger partial charge is 0.458 e. The molecule has 1 amide bonds. The molecule has 1 fully saturated rings. The van der Waals surface area contributed by atoms with Crippen molar-refractivity contribution in [3.05, 3.63) is 0 Å². The summed E-state index contributed by atoms with van der Waals surface area (Å²) in [6.07, 6.45) is -0.0517. The standard InChI is InChI=1S/C22H43NO6Si/c1-20(2,3)28-18(24)15-26-17-12-16(14-27-30(10,11)22(7,8)9)23(13-17)19(25)29-21(4,5)6/h16-17H,12-15H2,1-11H3/t16-,17-/m1/s1. The van der Waals surface area contributed by atoms with Crippen LogP contribution in [0.2, 0.25) is 18.1 Å². The number of rotatable bonds is 6. The summed E-state index contributed by atoms with van der Waals surface area (Å²) in [7, 11) is -1.96. The Hall–Kier alpha value is -1.12. The van der Waals surface area contributed by atoms with E-state index in [1.165, 1.54) is 0 Å². The van der Waals surface area contributed by atoms with Gasteiger partial charge >= 0.3 is 12.1 Å². The van der Waals surface area contributed by atoms with Crippen LogP contribution in [0.25, 0.3) is 0 Å². The highest BCUT2D eigenvalue weighted by molar-refractivity contribution is 6.74. The van der Waals surface area contributed by atoms with Gasteiger partial charge in [0.25, 0.3) is 0 Å². The number of amides is 1. The molecule has 0 aromatic carbocycles. The Balaban J connectivity index is 2.81. The van der Waals surface area contributed by atoms with Crippen LogP contribution in [0.5, 0.6) is 0 Å². The number of nitrogens with zero attached hydrogens (tertiary/aromatic N) is 1. The van der Waals surface area contributed by atoms with Crippen LogP contribution in [-0.2, 0) is 23.4 Å². The molecule has 0 aromatic rings. The minimum atomic E-state index is -1.96. The summed E-state index contributed by atoms with van der Waals surface area (Å²) in [4.78, 5) is 26.5. The first kappa shape index (κ1) is 26.9. The van der Waals surface area contributed by atoms with Crippen molar-refractivity contribution in [2.75, 3.05) is 19.8 Å². The highest BCUT2D eigenvalue weighted by atomic mass is 28.4. The first-order chi connectivity index (χ1) is 13.3. The van der Waals surface area contributed by atoms with Crippen LogP contribution in [-0.4, -0.2) is 68.4 Å². The molecule has 30 heavy (non-hydrogen) atoms. The number of carbonyl (C=O) groups excluding carboxylic acids is 2. The summed E-state index contributed by atoms with van der Waals surface area (Å²) in [5.41, 5.74) is -1.14. The number of carbonyl (C=O) groups is 2. The van der Waals surface area contributed by atoms with E-state index < -0.39 is 25.5 Å². The molecule has 1 aliphatic heterocycles. The Morgan fingerprint density at radius 3 is 1.93 bits per heavy atom. The molecule has 0 bridgehead atoms. The maximum atomic E-state index is 12.8. The average molecular weight is 446 g/mol. The summed E-state index contributed by atoms with van der Waals surface area (Å²) >= 11 is 0. The predicted octanol–water partition coefficient (Wildman–Crippen LogP) is 4.74. The van der Waals surface area contributed by atoms with Crippen LogP contribution in [0.4, 0.5) is 4.79 Å². The third-order valence-electron chi connectivity index (χ3n) is 5.30. The van der Waals surface area contributed by atoms with E-state index in [1.54, 1.807) is 4.90 Å². The van der Waals surface area contributed by atoms with Crippen molar-refractivity contribution in [2.24, 2.45) is 0 Å². The monoisotopic (exact) mass is 445 g/mol. The van der Waals surface area contributed by atoms with Gasteiger partial charge in [0.15, 0.2) is 8.32 Å². The summed E-state index contributed by atoms with van der Waals surface area (Å²) in [5, 5.41) is 0.0783. The summed E-state index contributed by atoms with van der Waals surface area (Å²) in [6, 6.07) is -0.155. The van der Waals surface area contributed by atoms with Crippen LogP contribution < -0.4 is 0 Å². The van der Waals surface area contributed by atoms with Crippen LogP contribution in [0.1, 0.15) is 68.7 Å². The fraction of sp³-hybridized carbons (Fsp3) is 0.909. The number of ether oxygens (including phenoxy) is 3. The van der Waals surface area contributed by atoms with Crippen LogP contribution in [0.3, 0.4) is 0 Å². The fourth-order valence-corrected chi connectivity index (χ4v) is 3.82. The SMILES string of the molecule is CC(C)(C)OC(=O)CO[C@@H]1C[C@H](CO[Si](C)(C)C(C)(C)C)N(C(=O)OC(C)(C)C)C1. The number of hydrogen-bond acceptors (Lipinski definition) is 6. The average Bonchev–Trinajstić information content (AvgIpc) is 2.90. The van der Waals surface area contributed by atoms with Gasteiger partial charge in [0.1, 0.15) is 17.8 Å². The zero-order valence-corrected chi connectivity index (χ0v) is 21.9. The van der Waals surface area contributed by atoms with Gasteiger partial charge in [-0.25, -0.2) is 9.59 Å². The molecule has 8 heteroatoms.